The second kappa shape index (κ2) is 7.96. The van der Waals surface area contributed by atoms with Crippen molar-refractivity contribution in [3.05, 3.63) is 47.9 Å². The average Bonchev–Trinajstić information content (AvgIpc) is 3.57. The van der Waals surface area contributed by atoms with E-state index in [1.165, 1.54) is 24.1 Å². The van der Waals surface area contributed by atoms with E-state index < -0.39 is 5.82 Å². The summed E-state index contributed by atoms with van der Waals surface area (Å²) in [6.45, 7) is 5.64. The van der Waals surface area contributed by atoms with Crippen LogP contribution in [0.15, 0.2) is 36.5 Å². The Morgan fingerprint density at radius 2 is 2.03 bits per heavy atom. The quantitative estimate of drug-likeness (QED) is 0.562. The SMILES string of the molecule is Cc1cc(Nc2ncc(F)c(NC3C4C=CC(C4)C3C(N)=O)n2)ccc1N1CC2CC1CC2C. The third-order valence-corrected chi connectivity index (χ3v) is 8.49. The minimum atomic E-state index is -0.551. The Morgan fingerprint density at radius 1 is 1.21 bits per heavy atom. The normalized spacial score (nSPS) is 33.0. The van der Waals surface area contributed by atoms with Crippen LogP contribution in [-0.4, -0.2) is 34.5 Å². The highest BCUT2D eigenvalue weighted by Crippen LogP contribution is 2.46. The predicted octanol–water partition coefficient (Wildman–Crippen LogP) is 3.99. The van der Waals surface area contributed by atoms with Crippen LogP contribution in [0.1, 0.15) is 31.7 Å². The highest BCUT2D eigenvalue weighted by atomic mass is 19.1. The van der Waals surface area contributed by atoms with Crippen molar-refractivity contribution in [2.45, 2.75) is 45.2 Å². The molecule has 0 spiro atoms. The lowest BCUT2D eigenvalue weighted by Crippen LogP contribution is -2.41. The van der Waals surface area contributed by atoms with Crippen LogP contribution < -0.4 is 21.3 Å². The molecule has 8 heteroatoms. The number of allylic oxidation sites excluding steroid dienone is 1. The molecule has 1 amide bonds. The van der Waals surface area contributed by atoms with E-state index in [1.54, 1.807) is 0 Å². The van der Waals surface area contributed by atoms with Gasteiger partial charge in [-0.25, -0.2) is 9.37 Å². The number of anilines is 4. The Labute approximate surface area is 199 Å². The fraction of sp³-hybridized carbons (Fsp3) is 0.500. The number of amides is 1. The van der Waals surface area contributed by atoms with E-state index in [2.05, 4.69) is 57.6 Å². The number of aryl methyl sites for hydroxylation is 1. The van der Waals surface area contributed by atoms with Crippen LogP contribution in [0.3, 0.4) is 0 Å². The second-order valence-corrected chi connectivity index (χ2v) is 10.6. The third kappa shape index (κ3) is 3.51. The first kappa shape index (κ1) is 21.4. The van der Waals surface area contributed by atoms with Gasteiger partial charge in [0.25, 0.3) is 0 Å². The maximum atomic E-state index is 14.6. The number of nitrogens with one attached hydrogen (secondary N) is 2. The minimum absolute atomic E-state index is 0.0882. The number of halogens is 1. The number of benzene rings is 1. The van der Waals surface area contributed by atoms with Gasteiger partial charge in [0.15, 0.2) is 11.6 Å². The topological polar surface area (TPSA) is 96.2 Å². The van der Waals surface area contributed by atoms with Crippen LogP contribution in [0.4, 0.5) is 27.5 Å². The van der Waals surface area contributed by atoms with Gasteiger partial charge in [-0.3, -0.25) is 4.79 Å². The molecule has 2 saturated carbocycles. The van der Waals surface area contributed by atoms with Crippen molar-refractivity contribution < 1.29 is 9.18 Å². The van der Waals surface area contributed by atoms with Gasteiger partial charge in [-0.15, -0.1) is 0 Å². The lowest BCUT2D eigenvalue weighted by molar-refractivity contribution is -0.122. The van der Waals surface area contributed by atoms with Gasteiger partial charge in [-0.1, -0.05) is 19.1 Å². The molecule has 1 saturated heterocycles. The minimum Gasteiger partial charge on any atom is -0.369 e. The van der Waals surface area contributed by atoms with Crippen molar-refractivity contribution in [3.8, 4) is 0 Å². The Kier molecular flexibility index (Phi) is 5.00. The molecule has 1 aromatic carbocycles. The molecule has 0 radical (unpaired) electrons. The maximum Gasteiger partial charge on any atom is 0.229 e. The molecule has 2 heterocycles. The van der Waals surface area contributed by atoms with E-state index >= 15 is 0 Å². The number of rotatable bonds is 6. The van der Waals surface area contributed by atoms with E-state index in [1.807, 2.05) is 12.1 Å². The highest BCUT2D eigenvalue weighted by molar-refractivity contribution is 5.79. The molecule has 7 nitrogen and oxygen atoms in total. The number of piperidine rings is 1. The van der Waals surface area contributed by atoms with E-state index in [4.69, 9.17) is 5.73 Å². The molecule has 7 atom stereocenters. The summed E-state index contributed by atoms with van der Waals surface area (Å²) in [6.07, 6.45) is 8.71. The smallest absolute Gasteiger partial charge is 0.229 e. The van der Waals surface area contributed by atoms with Crippen LogP contribution >= 0.6 is 0 Å². The number of carbonyl (C=O) groups excluding carboxylic acids is 1. The van der Waals surface area contributed by atoms with Crippen LogP contribution in [0.2, 0.25) is 0 Å². The van der Waals surface area contributed by atoms with Gasteiger partial charge in [-0.05, 0) is 73.6 Å². The van der Waals surface area contributed by atoms with Crippen molar-refractivity contribution in [2.75, 3.05) is 22.1 Å². The molecule has 4 bridgehead atoms. The summed E-state index contributed by atoms with van der Waals surface area (Å²) >= 11 is 0. The summed E-state index contributed by atoms with van der Waals surface area (Å²) in [5.41, 5.74) is 8.98. The largest absolute Gasteiger partial charge is 0.369 e. The molecule has 7 unspecified atom stereocenters. The number of nitrogens with two attached hydrogens (primary N) is 1. The first-order valence-corrected chi connectivity index (χ1v) is 12.3. The molecule has 34 heavy (non-hydrogen) atoms. The van der Waals surface area contributed by atoms with Gasteiger partial charge in [0.05, 0.1) is 12.1 Å². The summed E-state index contributed by atoms with van der Waals surface area (Å²) in [6, 6.07) is 6.67. The van der Waals surface area contributed by atoms with E-state index in [-0.39, 0.29) is 35.5 Å². The summed E-state index contributed by atoms with van der Waals surface area (Å²) in [5.74, 6) is 1.01. The zero-order valence-electron chi connectivity index (χ0n) is 19.5. The molecule has 3 fully saturated rings. The van der Waals surface area contributed by atoms with Gasteiger partial charge in [-0.2, -0.15) is 4.98 Å². The highest BCUT2D eigenvalue weighted by Gasteiger charge is 2.48. The number of aromatic nitrogens is 2. The van der Waals surface area contributed by atoms with Crippen LogP contribution in [0.25, 0.3) is 0 Å². The van der Waals surface area contributed by atoms with E-state index in [9.17, 15) is 9.18 Å². The number of carbonyl (C=O) groups is 1. The Morgan fingerprint density at radius 3 is 2.74 bits per heavy atom. The van der Waals surface area contributed by atoms with Crippen LogP contribution in [-0.2, 0) is 4.79 Å². The number of nitrogens with zero attached hydrogens (tertiary/aromatic N) is 3. The van der Waals surface area contributed by atoms with Crippen molar-refractivity contribution in [1.82, 2.24) is 9.97 Å². The average molecular weight is 463 g/mol. The van der Waals surface area contributed by atoms with Gasteiger partial charge in [0, 0.05) is 30.0 Å². The summed E-state index contributed by atoms with van der Waals surface area (Å²) < 4.78 is 14.6. The second-order valence-electron chi connectivity index (χ2n) is 10.6. The molecule has 1 aliphatic heterocycles. The lowest BCUT2D eigenvalue weighted by atomic mass is 9.88. The van der Waals surface area contributed by atoms with Crippen LogP contribution in [0.5, 0.6) is 0 Å². The first-order chi connectivity index (χ1) is 16.4. The Bertz CT molecular complexity index is 1170. The van der Waals surface area contributed by atoms with Crippen molar-refractivity contribution in [2.24, 2.45) is 35.3 Å². The lowest BCUT2D eigenvalue weighted by Gasteiger charge is -2.33. The van der Waals surface area contributed by atoms with E-state index in [0.29, 0.717) is 12.0 Å². The zero-order valence-corrected chi connectivity index (χ0v) is 19.5. The van der Waals surface area contributed by atoms with Gasteiger partial charge < -0.3 is 21.3 Å². The molecule has 3 aliphatic carbocycles. The van der Waals surface area contributed by atoms with Gasteiger partial charge >= 0.3 is 0 Å². The first-order valence-electron chi connectivity index (χ1n) is 12.3. The molecular formula is C26H31FN6O. The Hall–Kier alpha value is -3.16. The summed E-state index contributed by atoms with van der Waals surface area (Å²) in [5, 5.41) is 6.36. The molecule has 6 rings (SSSR count). The molecule has 1 aromatic heterocycles. The molecule has 2 aromatic rings. The molecular weight excluding hydrogens is 431 g/mol. The third-order valence-electron chi connectivity index (χ3n) is 8.49. The number of hydrogen-bond donors (Lipinski definition) is 3. The van der Waals surface area contributed by atoms with Crippen molar-refractivity contribution >= 4 is 29.0 Å². The maximum absolute atomic E-state index is 14.6. The molecule has 4 N–H and O–H groups in total. The van der Waals surface area contributed by atoms with Gasteiger partial charge in [0.1, 0.15) is 0 Å². The fourth-order valence-corrected chi connectivity index (χ4v) is 6.78. The van der Waals surface area contributed by atoms with Crippen molar-refractivity contribution in [3.63, 3.8) is 0 Å². The monoisotopic (exact) mass is 462 g/mol. The summed E-state index contributed by atoms with van der Waals surface area (Å²) in [7, 11) is 0. The van der Waals surface area contributed by atoms with E-state index in [0.717, 1.165) is 36.7 Å². The zero-order chi connectivity index (χ0) is 23.6. The summed E-state index contributed by atoms with van der Waals surface area (Å²) in [4.78, 5) is 23.1. The van der Waals surface area contributed by atoms with Crippen LogP contribution in [0, 0.1) is 42.3 Å². The number of fused-ring (bicyclic) bond motifs is 4. The van der Waals surface area contributed by atoms with Crippen molar-refractivity contribution in [1.29, 1.82) is 0 Å². The number of hydrogen-bond acceptors (Lipinski definition) is 6. The molecule has 4 aliphatic rings. The standard InChI is InChI=1S/C26H31FN6O/c1-13-8-19-10-17(13)12-33(19)21-6-5-18(7-14(21)2)30-26-29-11-20(27)25(32-26)31-23-16-4-3-15(9-16)22(23)24(28)34/h3-7,11,13,15-17,19,22-23H,8-10,12H2,1-2H3,(H2,28,34)(H2,29,30,31,32). The molecule has 178 valence electrons. The number of primary amides is 1. The fourth-order valence-electron chi connectivity index (χ4n) is 6.78. The predicted molar refractivity (Wildman–Crippen MR) is 130 cm³/mol. The Balaban J connectivity index is 1.18. The van der Waals surface area contributed by atoms with Gasteiger partial charge in [0.2, 0.25) is 11.9 Å².